The number of rotatable bonds is 6. The number of ketones is 1. The molecule has 0 unspecified atom stereocenters. The number of carbonyl (C=O) groups excluding carboxylic acids is 2. The molecular formula is C21H15ClO4S. The number of thiophene rings is 1. The van der Waals surface area contributed by atoms with Gasteiger partial charge in [-0.2, -0.15) is 0 Å². The van der Waals surface area contributed by atoms with Crippen molar-refractivity contribution >= 4 is 40.8 Å². The van der Waals surface area contributed by atoms with Gasteiger partial charge in [-0.05, 0) is 60.0 Å². The summed E-state index contributed by atoms with van der Waals surface area (Å²) < 4.78 is 10.6. The highest BCUT2D eigenvalue weighted by Crippen LogP contribution is 2.26. The maximum atomic E-state index is 12.6. The average molecular weight is 399 g/mol. The lowest BCUT2D eigenvalue weighted by molar-refractivity contribution is 0.0732. The topological polar surface area (TPSA) is 52.6 Å². The van der Waals surface area contributed by atoms with Gasteiger partial charge in [0, 0.05) is 9.90 Å². The molecule has 2 aromatic carbocycles. The van der Waals surface area contributed by atoms with Gasteiger partial charge in [-0.3, -0.25) is 4.79 Å². The molecule has 0 saturated heterocycles. The van der Waals surface area contributed by atoms with Crippen LogP contribution in [0.15, 0.2) is 66.1 Å². The van der Waals surface area contributed by atoms with E-state index in [1.807, 2.05) is 17.5 Å². The smallest absolute Gasteiger partial charge is 0.343 e. The van der Waals surface area contributed by atoms with E-state index in [1.165, 1.54) is 36.7 Å². The molecule has 1 heterocycles. The van der Waals surface area contributed by atoms with Gasteiger partial charge < -0.3 is 9.47 Å². The highest BCUT2D eigenvalue weighted by molar-refractivity contribution is 7.10. The minimum atomic E-state index is -0.590. The average Bonchev–Trinajstić information content (AvgIpc) is 3.21. The Hall–Kier alpha value is -2.89. The monoisotopic (exact) mass is 398 g/mol. The van der Waals surface area contributed by atoms with Gasteiger partial charge in [-0.25, -0.2) is 4.79 Å². The van der Waals surface area contributed by atoms with Gasteiger partial charge in [0.1, 0.15) is 11.5 Å². The number of esters is 1. The Balaban J connectivity index is 1.85. The van der Waals surface area contributed by atoms with Gasteiger partial charge >= 0.3 is 5.97 Å². The molecule has 0 atom stereocenters. The van der Waals surface area contributed by atoms with Crippen LogP contribution in [0.25, 0.3) is 6.08 Å². The minimum Gasteiger partial charge on any atom is -0.497 e. The van der Waals surface area contributed by atoms with Crippen LogP contribution in [0.3, 0.4) is 0 Å². The number of allylic oxidation sites excluding steroid dienone is 1. The second-order valence-electron chi connectivity index (χ2n) is 5.47. The van der Waals surface area contributed by atoms with Gasteiger partial charge in [-0.1, -0.05) is 23.7 Å². The molecule has 0 bridgehead atoms. The summed E-state index contributed by atoms with van der Waals surface area (Å²) >= 11 is 7.54. The zero-order valence-corrected chi connectivity index (χ0v) is 15.9. The Morgan fingerprint density at radius 1 is 1.07 bits per heavy atom. The third-order valence-corrected chi connectivity index (χ3v) is 4.73. The van der Waals surface area contributed by atoms with Crippen molar-refractivity contribution in [3.63, 3.8) is 0 Å². The number of hydrogen-bond donors (Lipinski definition) is 0. The SMILES string of the molecule is COc1cccc(C(=O)Oc2ccc(Cl)cc2C(=O)/C=C/c2cccs2)c1. The van der Waals surface area contributed by atoms with Crippen molar-refractivity contribution in [2.45, 2.75) is 0 Å². The van der Waals surface area contributed by atoms with Gasteiger partial charge in [0.25, 0.3) is 0 Å². The van der Waals surface area contributed by atoms with Crippen LogP contribution in [0, 0.1) is 0 Å². The van der Waals surface area contributed by atoms with Crippen molar-refractivity contribution in [1.29, 1.82) is 0 Å². The Kier molecular flexibility index (Phi) is 6.06. The largest absolute Gasteiger partial charge is 0.497 e. The molecule has 0 aliphatic carbocycles. The van der Waals surface area contributed by atoms with Crippen LogP contribution < -0.4 is 9.47 Å². The van der Waals surface area contributed by atoms with Crippen molar-refractivity contribution < 1.29 is 19.1 Å². The molecule has 3 aromatic rings. The quantitative estimate of drug-likeness (QED) is 0.237. The summed E-state index contributed by atoms with van der Waals surface area (Å²) in [6.07, 6.45) is 3.14. The number of hydrogen-bond acceptors (Lipinski definition) is 5. The van der Waals surface area contributed by atoms with E-state index in [0.717, 1.165) is 4.88 Å². The Morgan fingerprint density at radius 2 is 1.93 bits per heavy atom. The van der Waals surface area contributed by atoms with Crippen molar-refractivity contribution in [2.75, 3.05) is 7.11 Å². The maximum Gasteiger partial charge on any atom is 0.343 e. The van der Waals surface area contributed by atoms with Crippen LogP contribution in [0.5, 0.6) is 11.5 Å². The summed E-state index contributed by atoms with van der Waals surface area (Å²) in [6, 6.07) is 14.9. The lowest BCUT2D eigenvalue weighted by atomic mass is 10.1. The van der Waals surface area contributed by atoms with Gasteiger partial charge in [0.05, 0.1) is 18.2 Å². The second kappa shape index (κ2) is 8.66. The number of ether oxygens (including phenoxy) is 2. The highest BCUT2D eigenvalue weighted by Gasteiger charge is 2.16. The molecule has 136 valence electrons. The van der Waals surface area contributed by atoms with Gasteiger partial charge in [0.15, 0.2) is 5.78 Å². The molecule has 4 nitrogen and oxygen atoms in total. The molecule has 0 aliphatic rings. The highest BCUT2D eigenvalue weighted by atomic mass is 35.5. The van der Waals surface area contributed by atoms with E-state index >= 15 is 0 Å². The fourth-order valence-electron chi connectivity index (χ4n) is 2.33. The first kappa shape index (κ1) is 18.9. The van der Waals surface area contributed by atoms with Crippen LogP contribution in [0.4, 0.5) is 0 Å². The van der Waals surface area contributed by atoms with E-state index in [-0.39, 0.29) is 17.1 Å². The number of methoxy groups -OCH3 is 1. The predicted molar refractivity (Wildman–Crippen MR) is 107 cm³/mol. The summed E-state index contributed by atoms with van der Waals surface area (Å²) in [4.78, 5) is 26.0. The molecule has 0 saturated carbocycles. The van der Waals surface area contributed by atoms with Gasteiger partial charge in [0.2, 0.25) is 0 Å². The summed E-state index contributed by atoms with van der Waals surface area (Å²) in [6.45, 7) is 0. The van der Waals surface area contributed by atoms with Crippen molar-refractivity contribution in [1.82, 2.24) is 0 Å². The Morgan fingerprint density at radius 3 is 2.67 bits per heavy atom. The molecule has 0 N–H and O–H groups in total. The van der Waals surface area contributed by atoms with Crippen LogP contribution in [0.2, 0.25) is 5.02 Å². The van der Waals surface area contributed by atoms with E-state index in [9.17, 15) is 9.59 Å². The van der Waals surface area contributed by atoms with E-state index in [0.29, 0.717) is 16.3 Å². The molecule has 0 fully saturated rings. The summed E-state index contributed by atoms with van der Waals surface area (Å²) in [7, 11) is 1.51. The number of carbonyl (C=O) groups is 2. The van der Waals surface area contributed by atoms with Crippen LogP contribution in [0.1, 0.15) is 25.6 Å². The minimum absolute atomic E-state index is 0.146. The second-order valence-corrected chi connectivity index (χ2v) is 6.89. The molecule has 1 aromatic heterocycles. The number of benzene rings is 2. The standard InChI is InChI=1S/C21H15ClO4S/c1-25-16-5-2-4-14(12-16)21(24)26-20-10-7-15(22)13-18(20)19(23)9-8-17-6-3-11-27-17/h2-13H,1H3/b9-8+. The molecule has 6 heteroatoms. The first-order chi connectivity index (χ1) is 13.1. The first-order valence-corrected chi connectivity index (χ1v) is 9.24. The third kappa shape index (κ3) is 4.84. The lowest BCUT2D eigenvalue weighted by Gasteiger charge is -2.09. The number of halogens is 1. The maximum absolute atomic E-state index is 12.6. The molecule has 0 spiro atoms. The molecule has 0 amide bonds. The zero-order valence-electron chi connectivity index (χ0n) is 14.3. The van der Waals surface area contributed by atoms with Crippen LogP contribution >= 0.6 is 22.9 Å². The van der Waals surface area contributed by atoms with E-state index in [1.54, 1.807) is 36.4 Å². The van der Waals surface area contributed by atoms with Crippen molar-refractivity contribution in [3.8, 4) is 11.5 Å². The molecular weight excluding hydrogens is 384 g/mol. The summed E-state index contributed by atoms with van der Waals surface area (Å²) in [5.74, 6) is -0.212. The fraction of sp³-hybridized carbons (Fsp3) is 0.0476. The zero-order chi connectivity index (χ0) is 19.2. The third-order valence-electron chi connectivity index (χ3n) is 3.66. The van der Waals surface area contributed by atoms with Crippen LogP contribution in [-0.4, -0.2) is 18.9 Å². The normalized spacial score (nSPS) is 10.7. The van der Waals surface area contributed by atoms with Gasteiger partial charge in [-0.15, -0.1) is 11.3 Å². The Labute approximate surface area is 165 Å². The van der Waals surface area contributed by atoms with E-state index in [2.05, 4.69) is 0 Å². The fourth-order valence-corrected chi connectivity index (χ4v) is 3.12. The molecule has 0 aliphatic heterocycles. The molecule has 3 rings (SSSR count). The predicted octanol–water partition coefficient (Wildman–Crippen LogP) is 5.53. The van der Waals surface area contributed by atoms with E-state index in [4.69, 9.17) is 21.1 Å². The molecule has 0 radical (unpaired) electrons. The van der Waals surface area contributed by atoms with E-state index < -0.39 is 5.97 Å². The summed E-state index contributed by atoms with van der Waals surface area (Å²) in [5.41, 5.74) is 0.531. The van der Waals surface area contributed by atoms with Crippen LogP contribution in [-0.2, 0) is 0 Å². The summed E-state index contributed by atoms with van der Waals surface area (Å²) in [5, 5.41) is 2.30. The molecule has 27 heavy (non-hydrogen) atoms. The Bertz CT molecular complexity index is 993. The lowest BCUT2D eigenvalue weighted by Crippen LogP contribution is -2.11. The van der Waals surface area contributed by atoms with Crippen molar-refractivity contribution in [3.05, 3.63) is 87.1 Å². The van der Waals surface area contributed by atoms with Crippen molar-refractivity contribution in [2.24, 2.45) is 0 Å². The first-order valence-electron chi connectivity index (χ1n) is 7.98.